The number of carbonyl (C=O) groups is 1. The number of hydrogen-bond donors (Lipinski definition) is 3. The van der Waals surface area contributed by atoms with E-state index in [2.05, 4.69) is 50.8 Å². The molecule has 4 N–H and O–H groups in total. The zero-order chi connectivity index (χ0) is 16.6. The van der Waals surface area contributed by atoms with Crippen molar-refractivity contribution in [3.63, 3.8) is 0 Å². The van der Waals surface area contributed by atoms with Gasteiger partial charge in [0.1, 0.15) is 0 Å². The van der Waals surface area contributed by atoms with E-state index in [1.165, 1.54) is 5.56 Å². The van der Waals surface area contributed by atoms with Gasteiger partial charge in [-0.3, -0.25) is 0 Å². The summed E-state index contributed by atoms with van der Waals surface area (Å²) in [6.45, 7) is 7.44. The summed E-state index contributed by atoms with van der Waals surface area (Å²) in [4.78, 5) is 17.5. The van der Waals surface area contributed by atoms with E-state index in [9.17, 15) is 4.79 Å². The zero-order valence-corrected chi connectivity index (χ0v) is 16.5. The molecule has 4 aliphatic rings. The van der Waals surface area contributed by atoms with Gasteiger partial charge >= 0.3 is 6.03 Å². The second-order valence-electron chi connectivity index (χ2n) is 7.42. The first kappa shape index (κ1) is 21.3. The maximum Gasteiger partial charge on any atom is 0.315 e. The van der Waals surface area contributed by atoms with E-state index in [4.69, 9.17) is 5.73 Å². The molecule has 4 bridgehead atoms. The minimum atomic E-state index is -0.0862. The fourth-order valence-electron chi connectivity index (χ4n) is 4.95. The summed E-state index contributed by atoms with van der Waals surface area (Å²) in [7, 11) is 0. The third-order valence-electron chi connectivity index (χ3n) is 5.86. The van der Waals surface area contributed by atoms with Crippen molar-refractivity contribution in [1.29, 1.82) is 0 Å². The van der Waals surface area contributed by atoms with Crippen LogP contribution in [0.15, 0.2) is 30.3 Å². The van der Waals surface area contributed by atoms with Crippen LogP contribution < -0.4 is 16.4 Å². The number of halogens is 2. The van der Waals surface area contributed by atoms with Crippen LogP contribution in [0.25, 0.3) is 0 Å². The van der Waals surface area contributed by atoms with Gasteiger partial charge in [-0.25, -0.2) is 4.79 Å². The summed E-state index contributed by atoms with van der Waals surface area (Å²) in [5.41, 5.74) is 6.82. The average molecular weight is 402 g/mol. The Labute approximate surface area is 167 Å². The van der Waals surface area contributed by atoms with Crippen molar-refractivity contribution in [2.45, 2.75) is 11.5 Å². The molecule has 0 spiro atoms. The van der Waals surface area contributed by atoms with Gasteiger partial charge in [0, 0.05) is 69.7 Å². The molecule has 0 saturated carbocycles. The normalized spacial score (nSPS) is 34.2. The van der Waals surface area contributed by atoms with Gasteiger partial charge in [-0.2, -0.15) is 0 Å². The molecule has 6 nitrogen and oxygen atoms in total. The van der Waals surface area contributed by atoms with Crippen LogP contribution in [0.4, 0.5) is 4.79 Å². The monoisotopic (exact) mass is 401 g/mol. The minimum Gasteiger partial charge on any atom is -0.337 e. The van der Waals surface area contributed by atoms with Crippen molar-refractivity contribution in [1.82, 2.24) is 20.4 Å². The Morgan fingerprint density at radius 2 is 1.73 bits per heavy atom. The SMILES string of the molecule is Cl.Cl.NCCNC(=O)NC1C2CN3CCN(C2)CC1(c1ccccc1)C3. The Bertz CT molecular complexity index is 587. The molecule has 5 rings (SSSR count). The topological polar surface area (TPSA) is 73.6 Å². The van der Waals surface area contributed by atoms with Crippen LogP contribution in [0.5, 0.6) is 0 Å². The molecule has 3 unspecified atom stereocenters. The number of nitrogens with zero attached hydrogens (tertiary/aromatic N) is 2. The highest BCUT2D eigenvalue weighted by Gasteiger charge is 2.55. The molecule has 0 aliphatic carbocycles. The minimum absolute atomic E-state index is 0. The van der Waals surface area contributed by atoms with Crippen molar-refractivity contribution < 1.29 is 4.79 Å². The summed E-state index contributed by atoms with van der Waals surface area (Å²) in [6, 6.07) is 10.8. The Hall–Kier alpha value is -1.05. The van der Waals surface area contributed by atoms with E-state index < -0.39 is 0 Å². The molecule has 0 radical (unpaired) electrons. The van der Waals surface area contributed by atoms with Crippen LogP contribution >= 0.6 is 24.8 Å². The number of carbonyl (C=O) groups excluding carboxylic acids is 1. The predicted molar refractivity (Wildman–Crippen MR) is 108 cm³/mol. The Kier molecular flexibility index (Phi) is 7.16. The highest BCUT2D eigenvalue weighted by molar-refractivity contribution is 5.85. The quantitative estimate of drug-likeness (QED) is 0.692. The number of nitrogens with two attached hydrogens (primary N) is 1. The maximum atomic E-state index is 12.3. The molecule has 3 atom stereocenters. The summed E-state index contributed by atoms with van der Waals surface area (Å²) < 4.78 is 0. The molecule has 4 aliphatic heterocycles. The number of piperidine rings is 2. The van der Waals surface area contributed by atoms with Crippen LogP contribution in [0.3, 0.4) is 0 Å². The molecule has 26 heavy (non-hydrogen) atoms. The number of benzene rings is 1. The van der Waals surface area contributed by atoms with Crippen LogP contribution in [-0.4, -0.2) is 74.2 Å². The number of nitrogens with one attached hydrogen (secondary N) is 2. The fourth-order valence-corrected chi connectivity index (χ4v) is 4.95. The van der Waals surface area contributed by atoms with E-state index in [-0.39, 0.29) is 42.3 Å². The predicted octanol–water partition coefficient (Wildman–Crippen LogP) is 0.656. The van der Waals surface area contributed by atoms with Crippen LogP contribution in [-0.2, 0) is 5.41 Å². The molecular formula is C18H29Cl2N5O. The summed E-state index contributed by atoms with van der Waals surface area (Å²) >= 11 is 0. The summed E-state index contributed by atoms with van der Waals surface area (Å²) in [6.07, 6.45) is 0. The molecule has 4 saturated heterocycles. The molecule has 8 heteroatoms. The molecule has 4 heterocycles. The number of urea groups is 1. The fraction of sp³-hybridized carbons (Fsp3) is 0.611. The zero-order valence-electron chi connectivity index (χ0n) is 14.9. The van der Waals surface area contributed by atoms with Gasteiger partial charge in [0.2, 0.25) is 0 Å². The number of hydrogen-bond acceptors (Lipinski definition) is 4. The standard InChI is InChI=1S/C18H27N5O.2ClH/c19-6-7-20-17(24)21-16-14-10-22-8-9-23(11-14)13-18(16,12-22)15-4-2-1-3-5-15;;/h1-5,14,16H,6-13,19H2,(H2,20,21,24);2*1H. The van der Waals surface area contributed by atoms with E-state index in [0.29, 0.717) is 19.0 Å². The van der Waals surface area contributed by atoms with Gasteiger partial charge in [0.25, 0.3) is 0 Å². The van der Waals surface area contributed by atoms with Gasteiger partial charge in [0.05, 0.1) is 0 Å². The highest BCUT2D eigenvalue weighted by atomic mass is 35.5. The summed E-state index contributed by atoms with van der Waals surface area (Å²) in [5.74, 6) is 0.471. The van der Waals surface area contributed by atoms with E-state index in [0.717, 1.165) is 39.3 Å². The second kappa shape index (κ2) is 8.76. The first-order chi connectivity index (χ1) is 11.7. The third kappa shape index (κ3) is 3.80. The Morgan fingerprint density at radius 1 is 1.12 bits per heavy atom. The van der Waals surface area contributed by atoms with Crippen molar-refractivity contribution >= 4 is 30.8 Å². The molecule has 2 amide bonds. The maximum absolute atomic E-state index is 12.3. The molecular weight excluding hydrogens is 373 g/mol. The molecule has 4 fully saturated rings. The van der Waals surface area contributed by atoms with E-state index >= 15 is 0 Å². The van der Waals surface area contributed by atoms with E-state index in [1.807, 2.05) is 0 Å². The third-order valence-corrected chi connectivity index (χ3v) is 5.86. The highest BCUT2D eigenvalue weighted by Crippen LogP contribution is 2.43. The Morgan fingerprint density at radius 3 is 2.31 bits per heavy atom. The lowest BCUT2D eigenvalue weighted by Gasteiger charge is -2.55. The molecule has 146 valence electrons. The van der Waals surface area contributed by atoms with Gasteiger partial charge in [-0.1, -0.05) is 30.3 Å². The van der Waals surface area contributed by atoms with Crippen molar-refractivity contribution in [2.24, 2.45) is 11.7 Å². The lowest BCUT2D eigenvalue weighted by atomic mass is 9.64. The van der Waals surface area contributed by atoms with Crippen LogP contribution in [0.1, 0.15) is 5.56 Å². The van der Waals surface area contributed by atoms with E-state index in [1.54, 1.807) is 0 Å². The molecule has 1 aromatic carbocycles. The first-order valence-electron chi connectivity index (χ1n) is 8.96. The largest absolute Gasteiger partial charge is 0.337 e. The van der Waals surface area contributed by atoms with Gasteiger partial charge in [-0.05, 0) is 5.56 Å². The first-order valence-corrected chi connectivity index (χ1v) is 8.96. The second-order valence-corrected chi connectivity index (χ2v) is 7.42. The van der Waals surface area contributed by atoms with Crippen LogP contribution in [0, 0.1) is 5.92 Å². The number of fused-ring (bicyclic) bond motifs is 1. The average Bonchev–Trinajstić information content (AvgIpc) is 2.85. The van der Waals surface area contributed by atoms with Gasteiger partial charge < -0.3 is 26.2 Å². The lowest BCUT2D eigenvalue weighted by Crippen LogP contribution is -2.71. The molecule has 0 aromatic heterocycles. The number of amides is 2. The smallest absolute Gasteiger partial charge is 0.315 e. The van der Waals surface area contributed by atoms with Crippen molar-refractivity contribution in [3.05, 3.63) is 35.9 Å². The van der Waals surface area contributed by atoms with Gasteiger partial charge in [-0.15, -0.1) is 24.8 Å². The van der Waals surface area contributed by atoms with Crippen molar-refractivity contribution in [2.75, 3.05) is 52.4 Å². The molecule has 1 aromatic rings. The number of rotatable bonds is 4. The van der Waals surface area contributed by atoms with Crippen LogP contribution in [0.2, 0.25) is 0 Å². The lowest BCUT2D eigenvalue weighted by molar-refractivity contribution is 0.0231. The Balaban J connectivity index is 0.00000121. The summed E-state index contributed by atoms with van der Waals surface area (Å²) in [5, 5.41) is 6.18. The van der Waals surface area contributed by atoms with Crippen molar-refractivity contribution in [3.8, 4) is 0 Å². The van der Waals surface area contributed by atoms with Gasteiger partial charge in [0.15, 0.2) is 0 Å².